The minimum atomic E-state index is 1.02. The maximum atomic E-state index is 4.29. The van der Waals surface area contributed by atoms with E-state index in [1.54, 1.807) is 6.20 Å². The molecular weight excluding hydrogens is 308 g/mol. The monoisotopic (exact) mass is 328 g/mol. The van der Waals surface area contributed by atoms with Gasteiger partial charge in [0.05, 0.1) is 23.1 Å². The molecule has 0 aliphatic heterocycles. The Hall–Kier alpha value is -3.27. The molecule has 0 fully saturated rings. The second kappa shape index (κ2) is 5.98. The lowest BCUT2D eigenvalue weighted by Gasteiger charge is -2.11. The van der Waals surface area contributed by atoms with Gasteiger partial charge in [-0.05, 0) is 36.9 Å². The van der Waals surface area contributed by atoms with Gasteiger partial charge in [-0.1, -0.05) is 36.4 Å². The molecule has 0 saturated heterocycles. The van der Waals surface area contributed by atoms with E-state index in [9.17, 15) is 0 Å². The largest absolute Gasteiger partial charge is 0.361 e. The fourth-order valence-corrected chi connectivity index (χ4v) is 3.13. The van der Waals surface area contributed by atoms with Gasteiger partial charge in [-0.3, -0.25) is 4.68 Å². The van der Waals surface area contributed by atoms with Crippen LogP contribution in [0.15, 0.2) is 73.8 Å². The van der Waals surface area contributed by atoms with E-state index in [1.807, 2.05) is 24.1 Å². The van der Waals surface area contributed by atoms with Crippen LogP contribution in [0.25, 0.3) is 27.9 Å². The van der Waals surface area contributed by atoms with Gasteiger partial charge in [0.1, 0.15) is 0 Å². The molecule has 4 aromatic rings. The molecule has 0 atom stereocenters. The topological polar surface area (TPSA) is 34.3 Å². The predicted molar refractivity (Wildman–Crippen MR) is 104 cm³/mol. The summed E-state index contributed by atoms with van der Waals surface area (Å²) in [6, 6.07) is 15.0. The van der Waals surface area contributed by atoms with E-state index in [-0.39, 0.29) is 0 Å². The third-order valence-electron chi connectivity index (χ3n) is 4.41. The molecule has 0 saturated carbocycles. The summed E-state index contributed by atoms with van der Waals surface area (Å²) >= 11 is 0. The summed E-state index contributed by atoms with van der Waals surface area (Å²) in [5.74, 6) is 0. The van der Waals surface area contributed by atoms with E-state index in [0.29, 0.717) is 0 Å². The first kappa shape index (κ1) is 15.3. The van der Waals surface area contributed by atoms with Crippen LogP contribution in [0.1, 0.15) is 5.56 Å². The number of anilines is 1. The molecule has 0 unspecified atom stereocenters. The Balaban J connectivity index is 1.95. The molecule has 3 heterocycles. The lowest BCUT2D eigenvalue weighted by Crippen LogP contribution is -1.95. The summed E-state index contributed by atoms with van der Waals surface area (Å²) in [6.07, 6.45) is 7.78. The standard InChI is InChI=1S/C21H20N4/c1-4-22-19-11-17(18-12-23-24(3)13-18)14-25-20(9-10-21(19)25)16-7-5-15(2)6-8-16/h4-14,22H,1H2,2-3H3. The maximum absolute atomic E-state index is 4.29. The van der Waals surface area contributed by atoms with Gasteiger partial charge >= 0.3 is 0 Å². The van der Waals surface area contributed by atoms with Crippen molar-refractivity contribution >= 4 is 11.2 Å². The van der Waals surface area contributed by atoms with Gasteiger partial charge in [-0.25, -0.2) is 0 Å². The number of nitrogens with zero attached hydrogens (tertiary/aromatic N) is 3. The van der Waals surface area contributed by atoms with Crippen LogP contribution in [-0.4, -0.2) is 14.2 Å². The molecule has 0 radical (unpaired) electrons. The van der Waals surface area contributed by atoms with Crippen LogP contribution in [0, 0.1) is 6.92 Å². The number of hydrogen-bond donors (Lipinski definition) is 1. The Morgan fingerprint density at radius 1 is 1.00 bits per heavy atom. The minimum absolute atomic E-state index is 1.02. The molecular formula is C21H20N4. The lowest BCUT2D eigenvalue weighted by atomic mass is 10.1. The van der Waals surface area contributed by atoms with Crippen molar-refractivity contribution in [3.8, 4) is 22.4 Å². The van der Waals surface area contributed by atoms with Crippen molar-refractivity contribution in [2.45, 2.75) is 6.92 Å². The molecule has 3 aromatic heterocycles. The summed E-state index contributed by atoms with van der Waals surface area (Å²) < 4.78 is 4.04. The van der Waals surface area contributed by atoms with Crippen molar-refractivity contribution in [3.05, 3.63) is 79.4 Å². The Labute approximate surface area is 147 Å². The maximum Gasteiger partial charge on any atom is 0.0692 e. The minimum Gasteiger partial charge on any atom is -0.361 e. The number of aromatic nitrogens is 3. The smallest absolute Gasteiger partial charge is 0.0692 e. The highest BCUT2D eigenvalue weighted by atomic mass is 15.2. The fraction of sp³-hybridized carbons (Fsp3) is 0.0952. The van der Waals surface area contributed by atoms with Gasteiger partial charge in [0, 0.05) is 30.6 Å². The van der Waals surface area contributed by atoms with Crippen molar-refractivity contribution in [1.82, 2.24) is 14.2 Å². The Morgan fingerprint density at radius 3 is 2.48 bits per heavy atom. The highest BCUT2D eigenvalue weighted by Crippen LogP contribution is 2.31. The Morgan fingerprint density at radius 2 is 1.80 bits per heavy atom. The number of pyridine rings is 1. The quantitative estimate of drug-likeness (QED) is 0.580. The van der Waals surface area contributed by atoms with Crippen LogP contribution in [0.4, 0.5) is 5.69 Å². The third kappa shape index (κ3) is 2.72. The zero-order valence-electron chi connectivity index (χ0n) is 14.4. The van der Waals surface area contributed by atoms with E-state index in [2.05, 4.69) is 77.0 Å². The highest BCUT2D eigenvalue weighted by molar-refractivity contribution is 5.83. The number of rotatable bonds is 4. The zero-order chi connectivity index (χ0) is 17.4. The summed E-state index contributed by atoms with van der Waals surface area (Å²) in [7, 11) is 1.93. The number of aryl methyl sites for hydroxylation is 2. The highest BCUT2D eigenvalue weighted by Gasteiger charge is 2.11. The molecule has 124 valence electrons. The second-order valence-electron chi connectivity index (χ2n) is 6.23. The first-order chi connectivity index (χ1) is 12.2. The van der Waals surface area contributed by atoms with Gasteiger partial charge < -0.3 is 9.72 Å². The van der Waals surface area contributed by atoms with Gasteiger partial charge in [-0.15, -0.1) is 0 Å². The number of fused-ring (bicyclic) bond motifs is 1. The van der Waals surface area contributed by atoms with E-state index in [1.165, 1.54) is 11.1 Å². The molecule has 0 amide bonds. The van der Waals surface area contributed by atoms with E-state index in [0.717, 1.165) is 28.0 Å². The van der Waals surface area contributed by atoms with Gasteiger partial charge in [0.15, 0.2) is 0 Å². The van der Waals surface area contributed by atoms with Gasteiger partial charge in [-0.2, -0.15) is 5.10 Å². The summed E-state index contributed by atoms with van der Waals surface area (Å²) in [5, 5.41) is 7.55. The van der Waals surface area contributed by atoms with Crippen LogP contribution in [0.2, 0.25) is 0 Å². The van der Waals surface area contributed by atoms with Crippen LogP contribution in [0.3, 0.4) is 0 Å². The Kier molecular flexibility index (Phi) is 3.65. The molecule has 4 nitrogen and oxygen atoms in total. The average Bonchev–Trinajstić information content (AvgIpc) is 3.22. The molecule has 25 heavy (non-hydrogen) atoms. The molecule has 0 spiro atoms. The first-order valence-corrected chi connectivity index (χ1v) is 8.24. The third-order valence-corrected chi connectivity index (χ3v) is 4.41. The van der Waals surface area contributed by atoms with Crippen LogP contribution in [-0.2, 0) is 7.05 Å². The first-order valence-electron chi connectivity index (χ1n) is 8.24. The second-order valence-corrected chi connectivity index (χ2v) is 6.23. The summed E-state index contributed by atoms with van der Waals surface area (Å²) in [6.45, 7) is 5.91. The molecule has 0 bridgehead atoms. The SMILES string of the molecule is C=CNc1cc(-c2cnn(C)c2)cn2c(-c3ccc(C)cc3)ccc12. The lowest BCUT2D eigenvalue weighted by molar-refractivity contribution is 0.768. The molecule has 4 rings (SSSR count). The Bertz CT molecular complexity index is 1050. The predicted octanol–water partition coefficient (Wildman–Crippen LogP) is 4.87. The van der Waals surface area contributed by atoms with Crippen LogP contribution >= 0.6 is 0 Å². The van der Waals surface area contributed by atoms with Crippen LogP contribution < -0.4 is 5.32 Å². The number of hydrogen-bond acceptors (Lipinski definition) is 2. The molecule has 4 heteroatoms. The van der Waals surface area contributed by atoms with Crippen molar-refractivity contribution in [2.24, 2.45) is 7.05 Å². The molecule has 0 aliphatic carbocycles. The normalized spacial score (nSPS) is 11.0. The average molecular weight is 328 g/mol. The van der Waals surface area contributed by atoms with Crippen molar-refractivity contribution < 1.29 is 0 Å². The molecule has 0 aliphatic rings. The van der Waals surface area contributed by atoms with E-state index in [4.69, 9.17) is 0 Å². The van der Waals surface area contributed by atoms with Gasteiger partial charge in [0.2, 0.25) is 0 Å². The summed E-state index contributed by atoms with van der Waals surface area (Å²) in [5.41, 5.74) is 7.94. The molecule has 1 aromatic carbocycles. The van der Waals surface area contributed by atoms with Crippen molar-refractivity contribution in [3.63, 3.8) is 0 Å². The van der Waals surface area contributed by atoms with Gasteiger partial charge in [0.25, 0.3) is 0 Å². The van der Waals surface area contributed by atoms with Crippen LogP contribution in [0.5, 0.6) is 0 Å². The zero-order valence-corrected chi connectivity index (χ0v) is 14.4. The summed E-state index contributed by atoms with van der Waals surface area (Å²) in [4.78, 5) is 0. The van der Waals surface area contributed by atoms with E-state index >= 15 is 0 Å². The number of nitrogens with one attached hydrogen (secondary N) is 1. The van der Waals surface area contributed by atoms with E-state index < -0.39 is 0 Å². The number of benzene rings is 1. The van der Waals surface area contributed by atoms with Crippen molar-refractivity contribution in [2.75, 3.05) is 5.32 Å². The fourth-order valence-electron chi connectivity index (χ4n) is 3.13. The van der Waals surface area contributed by atoms with Crippen molar-refractivity contribution in [1.29, 1.82) is 0 Å². The molecule has 1 N–H and O–H groups in total.